The van der Waals surface area contributed by atoms with E-state index in [2.05, 4.69) is 12.2 Å². The molecule has 1 aliphatic rings. The van der Waals surface area contributed by atoms with E-state index < -0.39 is 0 Å². The second-order valence-corrected chi connectivity index (χ2v) is 4.27. The fourth-order valence-electron chi connectivity index (χ4n) is 1.76. The molecule has 0 radical (unpaired) electrons. The van der Waals surface area contributed by atoms with Gasteiger partial charge in [-0.3, -0.25) is 9.59 Å². The van der Waals surface area contributed by atoms with Crippen LogP contribution in [0.5, 0.6) is 0 Å². The van der Waals surface area contributed by atoms with Gasteiger partial charge < -0.3 is 9.47 Å². The molecule has 4 nitrogen and oxygen atoms in total. The predicted octanol–water partition coefficient (Wildman–Crippen LogP) is 1.84. The van der Waals surface area contributed by atoms with Crippen molar-refractivity contribution in [3.05, 3.63) is 12.2 Å². The van der Waals surface area contributed by atoms with Crippen molar-refractivity contribution >= 4 is 11.9 Å². The fourth-order valence-corrected chi connectivity index (χ4v) is 1.76. The Kier molecular flexibility index (Phi) is 4.52. The van der Waals surface area contributed by atoms with Crippen LogP contribution in [-0.4, -0.2) is 25.2 Å². The van der Waals surface area contributed by atoms with Crippen LogP contribution in [0.15, 0.2) is 12.2 Å². The van der Waals surface area contributed by atoms with E-state index in [9.17, 15) is 9.59 Å². The minimum Gasteiger partial charge on any atom is -0.465 e. The summed E-state index contributed by atoms with van der Waals surface area (Å²) in [4.78, 5) is 21.6. The van der Waals surface area contributed by atoms with E-state index in [1.165, 1.54) is 13.8 Å². The summed E-state index contributed by atoms with van der Waals surface area (Å²) in [5.41, 5.74) is -0.230. The minimum absolute atomic E-state index is 0.230. The van der Waals surface area contributed by atoms with Crippen molar-refractivity contribution < 1.29 is 19.1 Å². The van der Waals surface area contributed by atoms with Gasteiger partial charge in [0.05, 0.1) is 0 Å². The van der Waals surface area contributed by atoms with Crippen LogP contribution in [-0.2, 0) is 19.1 Å². The first-order chi connectivity index (χ1) is 7.54. The topological polar surface area (TPSA) is 52.6 Å². The molecule has 0 aromatic rings. The molecule has 16 heavy (non-hydrogen) atoms. The first-order valence-electron chi connectivity index (χ1n) is 5.46. The highest BCUT2D eigenvalue weighted by molar-refractivity contribution is 5.66. The van der Waals surface area contributed by atoms with Crippen LogP contribution in [0.3, 0.4) is 0 Å². The molecule has 0 atom stereocenters. The van der Waals surface area contributed by atoms with Gasteiger partial charge in [0.1, 0.15) is 13.2 Å². The Morgan fingerprint density at radius 3 is 2.06 bits per heavy atom. The molecule has 0 bridgehead atoms. The highest BCUT2D eigenvalue weighted by Gasteiger charge is 2.33. The van der Waals surface area contributed by atoms with E-state index in [1.54, 1.807) is 0 Å². The monoisotopic (exact) mass is 226 g/mol. The van der Waals surface area contributed by atoms with E-state index in [-0.39, 0.29) is 17.4 Å². The molecule has 0 N–H and O–H groups in total. The Bertz CT molecular complexity index is 275. The molecule has 0 saturated carbocycles. The molecular formula is C12H18O4. The van der Waals surface area contributed by atoms with Gasteiger partial charge in [-0.15, -0.1) is 0 Å². The Labute approximate surface area is 95.6 Å². The summed E-state index contributed by atoms with van der Waals surface area (Å²) in [5, 5.41) is 0. The molecule has 0 saturated heterocycles. The van der Waals surface area contributed by atoms with E-state index >= 15 is 0 Å². The average molecular weight is 226 g/mol. The highest BCUT2D eigenvalue weighted by Crippen LogP contribution is 2.33. The maximum atomic E-state index is 10.8. The lowest BCUT2D eigenvalue weighted by Gasteiger charge is -2.33. The molecule has 0 unspecified atom stereocenters. The smallest absolute Gasteiger partial charge is 0.302 e. The van der Waals surface area contributed by atoms with Crippen molar-refractivity contribution in [1.29, 1.82) is 0 Å². The number of ether oxygens (including phenoxy) is 2. The van der Waals surface area contributed by atoms with Crippen molar-refractivity contribution in [3.63, 3.8) is 0 Å². The van der Waals surface area contributed by atoms with Crippen LogP contribution in [0.2, 0.25) is 0 Å². The zero-order valence-corrected chi connectivity index (χ0v) is 9.82. The number of carbonyl (C=O) groups is 2. The number of hydrogen-bond acceptors (Lipinski definition) is 4. The third-order valence-electron chi connectivity index (χ3n) is 2.72. The summed E-state index contributed by atoms with van der Waals surface area (Å²) in [6.07, 6.45) is 6.75. The van der Waals surface area contributed by atoms with Crippen LogP contribution in [0.4, 0.5) is 0 Å². The molecule has 4 heteroatoms. The van der Waals surface area contributed by atoms with Crippen molar-refractivity contribution in [2.45, 2.75) is 33.1 Å². The summed E-state index contributed by atoms with van der Waals surface area (Å²) in [7, 11) is 0. The Hall–Kier alpha value is -1.32. The lowest BCUT2D eigenvalue weighted by molar-refractivity contribution is -0.151. The van der Waals surface area contributed by atoms with Crippen LogP contribution in [0.1, 0.15) is 33.1 Å². The number of carbonyl (C=O) groups excluding carboxylic acids is 2. The Morgan fingerprint density at radius 2 is 1.69 bits per heavy atom. The third kappa shape index (κ3) is 4.04. The summed E-state index contributed by atoms with van der Waals surface area (Å²) in [6, 6.07) is 0. The Morgan fingerprint density at radius 1 is 1.12 bits per heavy atom. The maximum absolute atomic E-state index is 10.8. The molecule has 90 valence electrons. The zero-order chi connectivity index (χ0) is 12.0. The first-order valence-corrected chi connectivity index (χ1v) is 5.46. The van der Waals surface area contributed by atoms with Gasteiger partial charge in [0.2, 0.25) is 0 Å². The standard InChI is InChI=1S/C12H18O4/c1-10(13)15-8-12(9-16-11(2)14)6-4-3-5-7-12/h3-4H,5-9H2,1-2H3. The van der Waals surface area contributed by atoms with Gasteiger partial charge >= 0.3 is 11.9 Å². The summed E-state index contributed by atoms with van der Waals surface area (Å²) < 4.78 is 10.1. The van der Waals surface area contributed by atoms with Gasteiger partial charge in [-0.05, 0) is 19.3 Å². The van der Waals surface area contributed by atoms with E-state index in [0.29, 0.717) is 13.2 Å². The van der Waals surface area contributed by atoms with Crippen LogP contribution in [0, 0.1) is 5.41 Å². The maximum Gasteiger partial charge on any atom is 0.302 e. The zero-order valence-electron chi connectivity index (χ0n) is 9.82. The second-order valence-electron chi connectivity index (χ2n) is 4.27. The van der Waals surface area contributed by atoms with Crippen molar-refractivity contribution in [1.82, 2.24) is 0 Å². The number of esters is 2. The summed E-state index contributed by atoms with van der Waals surface area (Å²) in [6.45, 7) is 3.41. The molecule has 0 heterocycles. The van der Waals surface area contributed by atoms with Gasteiger partial charge in [-0.1, -0.05) is 12.2 Å². The van der Waals surface area contributed by atoms with E-state index in [4.69, 9.17) is 9.47 Å². The van der Waals surface area contributed by atoms with Crippen molar-refractivity contribution in [2.24, 2.45) is 5.41 Å². The third-order valence-corrected chi connectivity index (χ3v) is 2.72. The van der Waals surface area contributed by atoms with Crippen molar-refractivity contribution in [2.75, 3.05) is 13.2 Å². The first kappa shape index (κ1) is 12.7. The van der Waals surface area contributed by atoms with Gasteiger partial charge in [0.15, 0.2) is 0 Å². The van der Waals surface area contributed by atoms with E-state index in [0.717, 1.165) is 19.3 Å². The molecular weight excluding hydrogens is 208 g/mol. The molecule has 0 fully saturated rings. The van der Waals surface area contributed by atoms with E-state index in [1.807, 2.05) is 0 Å². The number of rotatable bonds is 4. The SMILES string of the molecule is CC(=O)OCC1(COC(C)=O)CC=CCC1. The van der Waals surface area contributed by atoms with Crippen molar-refractivity contribution in [3.8, 4) is 0 Å². The minimum atomic E-state index is -0.295. The predicted molar refractivity (Wildman–Crippen MR) is 58.7 cm³/mol. The van der Waals surface area contributed by atoms with Crippen LogP contribution in [0.25, 0.3) is 0 Å². The van der Waals surface area contributed by atoms with Gasteiger partial charge in [-0.25, -0.2) is 0 Å². The Balaban J connectivity index is 2.56. The van der Waals surface area contributed by atoms with Gasteiger partial charge in [-0.2, -0.15) is 0 Å². The largest absolute Gasteiger partial charge is 0.465 e. The molecule has 0 spiro atoms. The van der Waals surface area contributed by atoms with Crippen LogP contribution >= 0.6 is 0 Å². The highest BCUT2D eigenvalue weighted by atomic mass is 16.5. The number of allylic oxidation sites excluding steroid dienone is 2. The summed E-state index contributed by atoms with van der Waals surface area (Å²) in [5.74, 6) is -0.589. The molecule has 0 aromatic heterocycles. The van der Waals surface area contributed by atoms with Gasteiger partial charge in [0.25, 0.3) is 0 Å². The molecule has 1 aliphatic carbocycles. The lowest BCUT2D eigenvalue weighted by atomic mass is 9.78. The lowest BCUT2D eigenvalue weighted by Crippen LogP contribution is -2.34. The van der Waals surface area contributed by atoms with Crippen LogP contribution < -0.4 is 0 Å². The molecule has 0 amide bonds. The molecule has 1 rings (SSSR count). The normalized spacial score (nSPS) is 17.9. The average Bonchev–Trinajstić information content (AvgIpc) is 2.25. The quantitative estimate of drug-likeness (QED) is 0.542. The molecule has 0 aliphatic heterocycles. The van der Waals surface area contributed by atoms with Gasteiger partial charge in [0, 0.05) is 19.3 Å². The molecule has 0 aromatic carbocycles. The fraction of sp³-hybridized carbons (Fsp3) is 0.667. The second kappa shape index (κ2) is 5.68. The number of hydrogen-bond donors (Lipinski definition) is 0. The summed E-state index contributed by atoms with van der Waals surface area (Å²) >= 11 is 0.